The number of unbranched alkanes of at least 4 members (excludes halogenated alkanes) is 1. The van der Waals surface area contributed by atoms with Crippen molar-refractivity contribution in [2.24, 2.45) is 11.8 Å². The van der Waals surface area contributed by atoms with E-state index in [-0.39, 0.29) is 0 Å². The van der Waals surface area contributed by atoms with Crippen LogP contribution in [0.3, 0.4) is 0 Å². The standard InChI is InChI=1S/C13H27N/c1-3-4-10-14-11-9-13-7-5-12(2)6-8-13/h12-14H,3-11H2,1-2H3. The van der Waals surface area contributed by atoms with Gasteiger partial charge in [0, 0.05) is 0 Å². The Kier molecular flexibility index (Phi) is 6.25. The van der Waals surface area contributed by atoms with Crippen LogP contribution in [0.2, 0.25) is 0 Å². The van der Waals surface area contributed by atoms with Gasteiger partial charge < -0.3 is 5.32 Å². The Labute approximate surface area is 89.7 Å². The first-order chi connectivity index (χ1) is 6.83. The average Bonchev–Trinajstić information content (AvgIpc) is 2.21. The SMILES string of the molecule is CCCCNCCC1CCC(C)CC1. The van der Waals surface area contributed by atoms with Crippen molar-refractivity contribution in [3.05, 3.63) is 0 Å². The van der Waals surface area contributed by atoms with Gasteiger partial charge in [-0.1, -0.05) is 46.0 Å². The molecule has 0 aromatic heterocycles. The summed E-state index contributed by atoms with van der Waals surface area (Å²) >= 11 is 0. The van der Waals surface area contributed by atoms with Crippen LogP contribution in [0, 0.1) is 11.8 Å². The molecule has 0 saturated heterocycles. The van der Waals surface area contributed by atoms with Gasteiger partial charge in [-0.25, -0.2) is 0 Å². The zero-order valence-electron chi connectivity index (χ0n) is 10.0. The minimum absolute atomic E-state index is 0.999. The lowest BCUT2D eigenvalue weighted by Gasteiger charge is -2.26. The lowest BCUT2D eigenvalue weighted by molar-refractivity contribution is 0.275. The summed E-state index contributed by atoms with van der Waals surface area (Å²) < 4.78 is 0. The lowest BCUT2D eigenvalue weighted by atomic mass is 9.81. The third-order valence-corrected chi connectivity index (χ3v) is 3.57. The molecule has 1 rings (SSSR count). The van der Waals surface area contributed by atoms with E-state index >= 15 is 0 Å². The summed E-state index contributed by atoms with van der Waals surface area (Å²) in [6.45, 7) is 7.12. The maximum atomic E-state index is 3.54. The summed E-state index contributed by atoms with van der Waals surface area (Å²) in [4.78, 5) is 0. The second-order valence-electron chi connectivity index (χ2n) is 5.02. The Bertz CT molecular complexity index is 125. The van der Waals surface area contributed by atoms with Crippen molar-refractivity contribution in [3.8, 4) is 0 Å². The molecule has 1 nitrogen and oxygen atoms in total. The second-order valence-corrected chi connectivity index (χ2v) is 5.02. The van der Waals surface area contributed by atoms with Crippen LogP contribution in [0.5, 0.6) is 0 Å². The van der Waals surface area contributed by atoms with E-state index in [2.05, 4.69) is 19.2 Å². The van der Waals surface area contributed by atoms with Gasteiger partial charge in [0.15, 0.2) is 0 Å². The predicted molar refractivity (Wildman–Crippen MR) is 63.5 cm³/mol. The zero-order valence-corrected chi connectivity index (χ0v) is 10.0. The van der Waals surface area contributed by atoms with Gasteiger partial charge in [0.2, 0.25) is 0 Å². The maximum Gasteiger partial charge on any atom is -0.00463 e. The van der Waals surface area contributed by atoms with E-state index < -0.39 is 0 Å². The predicted octanol–water partition coefficient (Wildman–Crippen LogP) is 3.59. The van der Waals surface area contributed by atoms with Crippen LogP contribution in [-0.2, 0) is 0 Å². The molecule has 1 fully saturated rings. The summed E-state index contributed by atoms with van der Waals surface area (Å²) in [6, 6.07) is 0. The van der Waals surface area contributed by atoms with E-state index in [9.17, 15) is 0 Å². The highest BCUT2D eigenvalue weighted by Gasteiger charge is 2.17. The van der Waals surface area contributed by atoms with Crippen LogP contribution in [-0.4, -0.2) is 13.1 Å². The highest BCUT2D eigenvalue weighted by molar-refractivity contribution is 4.70. The first-order valence-electron chi connectivity index (χ1n) is 6.53. The molecule has 0 unspecified atom stereocenters. The third-order valence-electron chi connectivity index (χ3n) is 3.57. The Morgan fingerprint density at radius 3 is 2.43 bits per heavy atom. The molecule has 1 N–H and O–H groups in total. The molecular formula is C13H27N. The van der Waals surface area contributed by atoms with Gasteiger partial charge in [0.05, 0.1) is 0 Å². The topological polar surface area (TPSA) is 12.0 Å². The van der Waals surface area contributed by atoms with Crippen LogP contribution >= 0.6 is 0 Å². The van der Waals surface area contributed by atoms with Gasteiger partial charge in [-0.05, 0) is 37.8 Å². The Balaban J connectivity index is 1.91. The largest absolute Gasteiger partial charge is 0.317 e. The van der Waals surface area contributed by atoms with Crippen molar-refractivity contribution >= 4 is 0 Å². The molecule has 0 amide bonds. The van der Waals surface area contributed by atoms with E-state index in [1.165, 1.54) is 58.0 Å². The monoisotopic (exact) mass is 197 g/mol. The number of hydrogen-bond donors (Lipinski definition) is 1. The summed E-state index contributed by atoms with van der Waals surface area (Å²) in [5.74, 6) is 2.03. The molecule has 0 spiro atoms. The van der Waals surface area contributed by atoms with Crippen molar-refractivity contribution in [2.45, 2.75) is 58.8 Å². The molecule has 1 saturated carbocycles. The molecule has 84 valence electrons. The molecule has 14 heavy (non-hydrogen) atoms. The van der Waals surface area contributed by atoms with Crippen LogP contribution in [0.4, 0.5) is 0 Å². The smallest absolute Gasteiger partial charge is 0.00463 e. The molecule has 0 bridgehead atoms. The van der Waals surface area contributed by atoms with Gasteiger partial charge in [0.25, 0.3) is 0 Å². The molecule has 1 aliphatic carbocycles. The number of nitrogens with one attached hydrogen (secondary N) is 1. The maximum absolute atomic E-state index is 3.54. The molecule has 1 heteroatoms. The normalized spacial score (nSPS) is 27.9. The number of rotatable bonds is 6. The van der Waals surface area contributed by atoms with Crippen molar-refractivity contribution in [2.75, 3.05) is 13.1 Å². The van der Waals surface area contributed by atoms with Crippen LogP contribution in [0.15, 0.2) is 0 Å². The average molecular weight is 197 g/mol. The van der Waals surface area contributed by atoms with Gasteiger partial charge in [-0.3, -0.25) is 0 Å². The Morgan fingerprint density at radius 1 is 1.07 bits per heavy atom. The first kappa shape index (κ1) is 12.0. The molecule has 1 aliphatic rings. The van der Waals surface area contributed by atoms with Crippen molar-refractivity contribution in [1.82, 2.24) is 5.32 Å². The number of hydrogen-bond acceptors (Lipinski definition) is 1. The highest BCUT2D eigenvalue weighted by Crippen LogP contribution is 2.29. The van der Waals surface area contributed by atoms with E-state index in [1.807, 2.05) is 0 Å². The molecule has 0 radical (unpaired) electrons. The summed E-state index contributed by atoms with van der Waals surface area (Å²) in [6.07, 6.45) is 9.97. The van der Waals surface area contributed by atoms with Crippen LogP contribution < -0.4 is 5.32 Å². The summed E-state index contributed by atoms with van der Waals surface area (Å²) in [7, 11) is 0. The molecule has 0 heterocycles. The van der Waals surface area contributed by atoms with Crippen molar-refractivity contribution in [1.29, 1.82) is 0 Å². The molecule has 0 aromatic rings. The third kappa shape index (κ3) is 4.99. The quantitative estimate of drug-likeness (QED) is 0.642. The Hall–Kier alpha value is -0.0400. The van der Waals surface area contributed by atoms with Gasteiger partial charge in [-0.2, -0.15) is 0 Å². The minimum atomic E-state index is 0.999. The Morgan fingerprint density at radius 2 is 1.79 bits per heavy atom. The zero-order chi connectivity index (χ0) is 10.2. The van der Waals surface area contributed by atoms with E-state index in [4.69, 9.17) is 0 Å². The fraction of sp³-hybridized carbons (Fsp3) is 1.00. The highest BCUT2D eigenvalue weighted by atomic mass is 14.8. The van der Waals surface area contributed by atoms with Gasteiger partial charge >= 0.3 is 0 Å². The van der Waals surface area contributed by atoms with Gasteiger partial charge in [-0.15, -0.1) is 0 Å². The summed E-state index contributed by atoms with van der Waals surface area (Å²) in [5, 5.41) is 3.54. The molecular weight excluding hydrogens is 170 g/mol. The second kappa shape index (κ2) is 7.28. The van der Waals surface area contributed by atoms with E-state index in [1.54, 1.807) is 0 Å². The first-order valence-corrected chi connectivity index (χ1v) is 6.53. The lowest BCUT2D eigenvalue weighted by Crippen LogP contribution is -2.21. The summed E-state index contributed by atoms with van der Waals surface area (Å²) in [5.41, 5.74) is 0. The fourth-order valence-corrected chi connectivity index (χ4v) is 2.35. The van der Waals surface area contributed by atoms with Crippen LogP contribution in [0.25, 0.3) is 0 Å². The molecule has 0 atom stereocenters. The van der Waals surface area contributed by atoms with Crippen molar-refractivity contribution < 1.29 is 0 Å². The molecule has 0 aromatic carbocycles. The van der Waals surface area contributed by atoms with Crippen molar-refractivity contribution in [3.63, 3.8) is 0 Å². The minimum Gasteiger partial charge on any atom is -0.317 e. The molecule has 0 aliphatic heterocycles. The van der Waals surface area contributed by atoms with Gasteiger partial charge in [0.1, 0.15) is 0 Å². The van der Waals surface area contributed by atoms with Crippen LogP contribution in [0.1, 0.15) is 58.8 Å². The van der Waals surface area contributed by atoms with E-state index in [0.29, 0.717) is 0 Å². The fourth-order valence-electron chi connectivity index (χ4n) is 2.35. The van der Waals surface area contributed by atoms with E-state index in [0.717, 1.165) is 11.8 Å².